The highest BCUT2D eigenvalue weighted by Gasteiger charge is 2.27. The van der Waals surface area contributed by atoms with Gasteiger partial charge in [0.05, 0.1) is 6.54 Å². The number of carbonyl (C=O) groups is 3. The second kappa shape index (κ2) is 10.9. The van der Waals surface area contributed by atoms with Crippen LogP contribution in [0.5, 0.6) is 0 Å². The van der Waals surface area contributed by atoms with Crippen molar-refractivity contribution in [2.45, 2.75) is 19.4 Å². The Morgan fingerprint density at radius 1 is 0.844 bits per heavy atom. The van der Waals surface area contributed by atoms with Crippen molar-refractivity contribution in [3.8, 4) is 0 Å². The van der Waals surface area contributed by atoms with Crippen LogP contribution in [-0.2, 0) is 16.0 Å². The number of benzene rings is 3. The Hall–Kier alpha value is -3.93. The lowest BCUT2D eigenvalue weighted by molar-refractivity contribution is -0.135. The summed E-state index contributed by atoms with van der Waals surface area (Å²) in [5, 5.41) is 5.68. The number of likely N-dealkylation sites (N-methyl/N-ethyl adjacent to an activating group) is 1. The zero-order valence-corrected chi connectivity index (χ0v) is 18.2. The van der Waals surface area contributed by atoms with E-state index >= 15 is 0 Å². The normalized spacial score (nSPS) is 11.3. The van der Waals surface area contributed by atoms with Crippen LogP contribution in [0.25, 0.3) is 0 Å². The molecule has 0 bridgehead atoms. The molecule has 0 aliphatic carbocycles. The van der Waals surface area contributed by atoms with Gasteiger partial charge in [-0.2, -0.15) is 0 Å². The van der Waals surface area contributed by atoms with Crippen LogP contribution in [-0.4, -0.2) is 36.2 Å². The van der Waals surface area contributed by atoms with Crippen molar-refractivity contribution in [1.82, 2.24) is 10.2 Å². The molecule has 0 aliphatic rings. The number of rotatable bonds is 8. The van der Waals surface area contributed by atoms with Crippen LogP contribution in [0.1, 0.15) is 34.5 Å². The average Bonchev–Trinajstić information content (AvgIpc) is 2.83. The molecule has 0 saturated carbocycles. The summed E-state index contributed by atoms with van der Waals surface area (Å²) in [5.74, 6) is -1.04. The number of carbonyl (C=O) groups excluding carboxylic acids is 3. The van der Waals surface area contributed by atoms with Crippen molar-refractivity contribution >= 4 is 23.4 Å². The molecule has 6 heteroatoms. The molecule has 2 N–H and O–H groups in total. The Kier molecular flexibility index (Phi) is 7.75. The topological polar surface area (TPSA) is 78.5 Å². The lowest BCUT2D eigenvalue weighted by Gasteiger charge is -2.25. The standard InChI is InChI=1S/C26H27N3O3/c1-3-19-12-10-11-17-22(19)27-23(30)18-29(2)26(32)24(20-13-6-4-7-14-20)28-25(31)21-15-8-5-9-16-21/h4-17,24H,3,18H2,1-2H3,(H,27,30)(H,28,31). The number of amides is 3. The fourth-order valence-electron chi connectivity index (χ4n) is 3.39. The molecule has 0 spiro atoms. The molecule has 3 amide bonds. The second-order valence-electron chi connectivity index (χ2n) is 7.44. The van der Waals surface area contributed by atoms with Gasteiger partial charge in [0.25, 0.3) is 5.91 Å². The first-order chi connectivity index (χ1) is 15.5. The van der Waals surface area contributed by atoms with Crippen molar-refractivity contribution < 1.29 is 14.4 Å². The van der Waals surface area contributed by atoms with Gasteiger partial charge in [0, 0.05) is 18.3 Å². The smallest absolute Gasteiger partial charge is 0.252 e. The van der Waals surface area contributed by atoms with Crippen molar-refractivity contribution in [2.75, 3.05) is 18.9 Å². The highest BCUT2D eigenvalue weighted by atomic mass is 16.2. The van der Waals surface area contributed by atoms with Crippen LogP contribution in [0.3, 0.4) is 0 Å². The van der Waals surface area contributed by atoms with E-state index in [1.807, 2.05) is 43.3 Å². The van der Waals surface area contributed by atoms with E-state index in [9.17, 15) is 14.4 Å². The van der Waals surface area contributed by atoms with E-state index < -0.39 is 6.04 Å². The number of hydrogen-bond acceptors (Lipinski definition) is 3. The van der Waals surface area contributed by atoms with Crippen LogP contribution >= 0.6 is 0 Å². The summed E-state index contributed by atoms with van der Waals surface area (Å²) in [4.78, 5) is 39.9. The second-order valence-corrected chi connectivity index (χ2v) is 7.44. The summed E-state index contributed by atoms with van der Waals surface area (Å²) in [5.41, 5.74) is 2.85. The molecule has 0 heterocycles. The summed E-state index contributed by atoms with van der Waals surface area (Å²) in [6, 6.07) is 24.4. The third-order valence-corrected chi connectivity index (χ3v) is 5.12. The lowest BCUT2D eigenvalue weighted by atomic mass is 10.0. The van der Waals surface area contributed by atoms with E-state index in [2.05, 4.69) is 10.6 Å². The first-order valence-corrected chi connectivity index (χ1v) is 10.5. The molecular formula is C26H27N3O3. The summed E-state index contributed by atoms with van der Waals surface area (Å²) >= 11 is 0. The van der Waals surface area contributed by atoms with Gasteiger partial charge in [-0.05, 0) is 35.7 Å². The number of nitrogens with one attached hydrogen (secondary N) is 2. The van der Waals surface area contributed by atoms with Crippen molar-refractivity contribution in [1.29, 1.82) is 0 Å². The van der Waals surface area contributed by atoms with E-state index in [0.29, 0.717) is 11.1 Å². The Balaban J connectivity index is 1.73. The Labute approximate surface area is 188 Å². The molecule has 164 valence electrons. The third-order valence-electron chi connectivity index (χ3n) is 5.12. The van der Waals surface area contributed by atoms with Crippen molar-refractivity contribution in [2.24, 2.45) is 0 Å². The van der Waals surface area contributed by atoms with Crippen LogP contribution < -0.4 is 10.6 Å². The minimum Gasteiger partial charge on any atom is -0.336 e. The van der Waals surface area contributed by atoms with Crippen molar-refractivity contribution in [3.05, 3.63) is 102 Å². The zero-order valence-electron chi connectivity index (χ0n) is 18.2. The van der Waals surface area contributed by atoms with Gasteiger partial charge in [0.1, 0.15) is 6.04 Å². The predicted molar refractivity (Wildman–Crippen MR) is 125 cm³/mol. The third kappa shape index (κ3) is 5.82. The summed E-state index contributed by atoms with van der Waals surface area (Å²) in [7, 11) is 1.55. The Morgan fingerprint density at radius 3 is 2.09 bits per heavy atom. The highest BCUT2D eigenvalue weighted by molar-refractivity contribution is 5.99. The maximum absolute atomic E-state index is 13.3. The fraction of sp³-hybridized carbons (Fsp3) is 0.192. The van der Waals surface area contributed by atoms with Gasteiger partial charge in [-0.1, -0.05) is 73.7 Å². The van der Waals surface area contributed by atoms with Crippen LogP contribution in [0.2, 0.25) is 0 Å². The fourth-order valence-corrected chi connectivity index (χ4v) is 3.39. The lowest BCUT2D eigenvalue weighted by Crippen LogP contribution is -2.44. The van der Waals surface area contributed by atoms with E-state index in [-0.39, 0.29) is 24.3 Å². The first kappa shape index (κ1) is 22.7. The Bertz CT molecular complexity index is 1070. The Morgan fingerprint density at radius 2 is 1.44 bits per heavy atom. The summed E-state index contributed by atoms with van der Waals surface area (Å²) in [6.07, 6.45) is 0.785. The molecule has 3 rings (SSSR count). The molecule has 1 atom stereocenters. The molecule has 6 nitrogen and oxygen atoms in total. The summed E-state index contributed by atoms with van der Waals surface area (Å²) in [6.45, 7) is 1.88. The van der Waals surface area contributed by atoms with Crippen LogP contribution in [0, 0.1) is 0 Å². The minimum atomic E-state index is -0.912. The number of nitrogens with zero attached hydrogens (tertiary/aromatic N) is 1. The molecule has 0 saturated heterocycles. The number of aryl methyl sites for hydroxylation is 1. The molecule has 0 aliphatic heterocycles. The molecule has 32 heavy (non-hydrogen) atoms. The minimum absolute atomic E-state index is 0.137. The molecule has 0 radical (unpaired) electrons. The zero-order chi connectivity index (χ0) is 22.9. The number of para-hydroxylation sites is 1. The van der Waals surface area contributed by atoms with Gasteiger partial charge < -0.3 is 15.5 Å². The first-order valence-electron chi connectivity index (χ1n) is 10.5. The van der Waals surface area contributed by atoms with Gasteiger partial charge in [-0.15, -0.1) is 0 Å². The highest BCUT2D eigenvalue weighted by Crippen LogP contribution is 2.18. The van der Waals surface area contributed by atoms with E-state index in [1.165, 1.54) is 4.90 Å². The quantitative estimate of drug-likeness (QED) is 0.571. The van der Waals surface area contributed by atoms with E-state index in [0.717, 1.165) is 17.7 Å². The molecule has 1 unspecified atom stereocenters. The van der Waals surface area contributed by atoms with Crippen molar-refractivity contribution in [3.63, 3.8) is 0 Å². The maximum atomic E-state index is 13.3. The molecule has 3 aromatic rings. The molecule has 0 aromatic heterocycles. The number of hydrogen-bond donors (Lipinski definition) is 2. The summed E-state index contributed by atoms with van der Waals surface area (Å²) < 4.78 is 0. The van der Waals surface area contributed by atoms with Gasteiger partial charge in [-0.3, -0.25) is 14.4 Å². The maximum Gasteiger partial charge on any atom is 0.252 e. The van der Waals surface area contributed by atoms with Gasteiger partial charge in [0.15, 0.2) is 0 Å². The number of anilines is 1. The average molecular weight is 430 g/mol. The largest absolute Gasteiger partial charge is 0.336 e. The molecule has 0 fully saturated rings. The molecule has 3 aromatic carbocycles. The predicted octanol–water partition coefficient (Wildman–Crippen LogP) is 3.82. The monoisotopic (exact) mass is 429 g/mol. The van der Waals surface area contributed by atoms with Gasteiger partial charge in [-0.25, -0.2) is 0 Å². The molecular weight excluding hydrogens is 402 g/mol. The van der Waals surface area contributed by atoms with Gasteiger partial charge >= 0.3 is 0 Å². The van der Waals surface area contributed by atoms with Gasteiger partial charge in [0.2, 0.25) is 11.8 Å². The van der Waals surface area contributed by atoms with E-state index in [1.54, 1.807) is 55.6 Å². The van der Waals surface area contributed by atoms with Crippen LogP contribution in [0.15, 0.2) is 84.9 Å². The SMILES string of the molecule is CCc1ccccc1NC(=O)CN(C)C(=O)C(NC(=O)c1ccccc1)c1ccccc1. The van der Waals surface area contributed by atoms with E-state index in [4.69, 9.17) is 0 Å². The van der Waals surface area contributed by atoms with Crippen LogP contribution in [0.4, 0.5) is 5.69 Å².